The van der Waals surface area contributed by atoms with E-state index in [-0.39, 0.29) is 17.6 Å². The molecule has 1 fully saturated rings. The molecule has 1 aromatic heterocycles. The van der Waals surface area contributed by atoms with Crippen molar-refractivity contribution in [3.63, 3.8) is 0 Å². The molecule has 2 heterocycles. The molecule has 1 saturated heterocycles. The van der Waals surface area contributed by atoms with Gasteiger partial charge in [-0.3, -0.25) is 9.47 Å². The molecule has 1 amide bonds. The predicted octanol–water partition coefficient (Wildman–Crippen LogP) is 4.78. The Morgan fingerprint density at radius 2 is 1.68 bits per heavy atom. The van der Waals surface area contributed by atoms with Crippen LogP contribution >= 0.6 is 0 Å². The van der Waals surface area contributed by atoms with Crippen LogP contribution < -0.4 is 0 Å². The Balaban J connectivity index is 1.28. The van der Waals surface area contributed by atoms with E-state index in [1.165, 1.54) is 16.7 Å². The highest BCUT2D eigenvalue weighted by Gasteiger charge is 2.47. The number of hydrogen-bond donors (Lipinski definition) is 1. The van der Waals surface area contributed by atoms with Crippen molar-refractivity contribution >= 4 is 27.8 Å². The van der Waals surface area contributed by atoms with Gasteiger partial charge in [-0.2, -0.15) is 0 Å². The van der Waals surface area contributed by atoms with E-state index in [4.69, 9.17) is 0 Å². The van der Waals surface area contributed by atoms with E-state index in [1.54, 1.807) is 19.0 Å². The zero-order chi connectivity index (χ0) is 23.4. The molecule has 0 bridgehead atoms. The molecule has 1 aliphatic heterocycles. The molecule has 2 aliphatic rings. The predicted molar refractivity (Wildman–Crippen MR) is 136 cm³/mol. The van der Waals surface area contributed by atoms with Gasteiger partial charge in [-0.25, -0.2) is 4.79 Å². The minimum atomic E-state index is -0.281. The second-order valence-electron chi connectivity index (χ2n) is 10.2. The molecule has 3 aromatic carbocycles. The number of aliphatic hydroxyl groups excluding tert-OH is 1. The highest BCUT2D eigenvalue weighted by atomic mass is 16.3. The number of aliphatic hydroxyl groups is 1. The maximum absolute atomic E-state index is 13.1. The molecule has 1 unspecified atom stereocenters. The number of amides is 1. The summed E-state index contributed by atoms with van der Waals surface area (Å²) in [6.45, 7) is 2.77. The van der Waals surface area contributed by atoms with Crippen LogP contribution in [0.5, 0.6) is 0 Å². The van der Waals surface area contributed by atoms with Crippen LogP contribution in [0.4, 0.5) is 4.79 Å². The molecular weight excluding hydrogens is 422 g/mol. The standard InChI is InChI=1S/C29H31N3O2/c1-30(2)28(34)32-25-10-6-4-8-22(25)23-12-11-20(17-26(23)32)19-31-15-13-29(14-16-31)24-9-5-3-7-21(24)18-27(29)33/h3-12,17,27,33H,13-16,18-19H2,1-2H3. The number of likely N-dealkylation sites (tertiary alicyclic amines) is 1. The molecule has 1 aliphatic carbocycles. The van der Waals surface area contributed by atoms with E-state index in [0.717, 1.165) is 60.7 Å². The third kappa shape index (κ3) is 3.18. The van der Waals surface area contributed by atoms with Gasteiger partial charge in [0.05, 0.1) is 17.1 Å². The van der Waals surface area contributed by atoms with Crippen LogP contribution in [0.3, 0.4) is 0 Å². The van der Waals surface area contributed by atoms with Gasteiger partial charge in [0.25, 0.3) is 0 Å². The number of aromatic nitrogens is 1. The second kappa shape index (κ2) is 7.97. The Morgan fingerprint density at radius 1 is 0.971 bits per heavy atom. The summed E-state index contributed by atoms with van der Waals surface area (Å²) in [6.07, 6.45) is 2.45. The van der Waals surface area contributed by atoms with Crippen LogP contribution in [-0.2, 0) is 18.4 Å². The third-order valence-corrected chi connectivity index (χ3v) is 8.07. The van der Waals surface area contributed by atoms with Gasteiger partial charge in [-0.15, -0.1) is 0 Å². The van der Waals surface area contributed by atoms with Crippen LogP contribution in [0.2, 0.25) is 0 Å². The minimum absolute atomic E-state index is 0.0304. The Bertz CT molecular complexity index is 1400. The Kier molecular flexibility index (Phi) is 5.01. The van der Waals surface area contributed by atoms with Gasteiger partial charge in [0.2, 0.25) is 0 Å². The zero-order valence-corrected chi connectivity index (χ0v) is 19.9. The molecule has 4 aromatic rings. The largest absolute Gasteiger partial charge is 0.392 e. The molecule has 5 heteroatoms. The number of nitrogens with zero attached hydrogens (tertiary/aromatic N) is 3. The minimum Gasteiger partial charge on any atom is -0.392 e. The van der Waals surface area contributed by atoms with Gasteiger partial charge in [-0.05, 0) is 61.2 Å². The van der Waals surface area contributed by atoms with Crippen LogP contribution in [0, 0.1) is 0 Å². The average molecular weight is 454 g/mol. The van der Waals surface area contributed by atoms with E-state index < -0.39 is 0 Å². The summed E-state index contributed by atoms with van der Waals surface area (Å²) in [6, 6.07) is 23.2. The van der Waals surface area contributed by atoms with Gasteiger partial charge in [0, 0.05) is 36.8 Å². The number of para-hydroxylation sites is 1. The molecular formula is C29H31N3O2. The first-order valence-electron chi connectivity index (χ1n) is 12.2. The lowest BCUT2D eigenvalue weighted by Crippen LogP contribution is -2.47. The number of hydrogen-bond acceptors (Lipinski definition) is 3. The van der Waals surface area contributed by atoms with Crippen molar-refractivity contribution in [3.8, 4) is 0 Å². The third-order valence-electron chi connectivity index (χ3n) is 8.07. The molecule has 1 N–H and O–H groups in total. The lowest BCUT2D eigenvalue weighted by atomic mass is 9.72. The maximum atomic E-state index is 13.1. The van der Waals surface area contributed by atoms with Crippen molar-refractivity contribution in [1.29, 1.82) is 0 Å². The lowest BCUT2D eigenvalue weighted by molar-refractivity contribution is 0.0414. The number of rotatable bonds is 2. The van der Waals surface area contributed by atoms with Crippen molar-refractivity contribution < 1.29 is 9.90 Å². The van der Waals surface area contributed by atoms with Crippen LogP contribution in [0.25, 0.3) is 21.8 Å². The van der Waals surface area contributed by atoms with Crippen LogP contribution in [0.15, 0.2) is 66.7 Å². The normalized spacial score (nSPS) is 19.7. The van der Waals surface area contributed by atoms with Crippen molar-refractivity contribution in [2.24, 2.45) is 0 Å². The zero-order valence-electron chi connectivity index (χ0n) is 19.9. The fourth-order valence-electron chi connectivity index (χ4n) is 6.26. The SMILES string of the molecule is CN(C)C(=O)n1c2ccccc2c2ccc(CN3CCC4(CC3)c3ccccc3CC4O)cc21. The van der Waals surface area contributed by atoms with Crippen LogP contribution in [-0.4, -0.2) is 58.8 Å². The molecule has 1 atom stereocenters. The van der Waals surface area contributed by atoms with Crippen LogP contribution in [0.1, 0.15) is 29.5 Å². The number of carbonyl (C=O) groups is 1. The number of benzene rings is 3. The number of piperidine rings is 1. The Hall–Kier alpha value is -3.15. The van der Waals surface area contributed by atoms with E-state index >= 15 is 0 Å². The van der Waals surface area contributed by atoms with E-state index in [0.29, 0.717) is 0 Å². The Labute approximate surface area is 200 Å². The molecule has 6 rings (SSSR count). The van der Waals surface area contributed by atoms with Gasteiger partial charge in [0.1, 0.15) is 0 Å². The fraction of sp³-hybridized carbons (Fsp3) is 0.345. The summed E-state index contributed by atoms with van der Waals surface area (Å²) in [5.74, 6) is 0. The summed E-state index contributed by atoms with van der Waals surface area (Å²) in [7, 11) is 3.60. The van der Waals surface area contributed by atoms with Crippen molar-refractivity contribution in [3.05, 3.63) is 83.4 Å². The average Bonchev–Trinajstić information content (AvgIpc) is 3.31. The fourth-order valence-corrected chi connectivity index (χ4v) is 6.26. The topological polar surface area (TPSA) is 48.7 Å². The van der Waals surface area contributed by atoms with E-state index in [1.807, 2.05) is 22.8 Å². The summed E-state index contributed by atoms with van der Waals surface area (Å²) in [4.78, 5) is 17.2. The molecule has 0 saturated carbocycles. The first-order chi connectivity index (χ1) is 16.5. The number of carbonyl (C=O) groups excluding carboxylic acids is 1. The quantitative estimate of drug-likeness (QED) is 0.475. The first kappa shape index (κ1) is 21.4. The maximum Gasteiger partial charge on any atom is 0.328 e. The van der Waals surface area contributed by atoms with E-state index in [2.05, 4.69) is 53.4 Å². The molecule has 5 nitrogen and oxygen atoms in total. The highest BCUT2D eigenvalue weighted by Crippen LogP contribution is 2.46. The van der Waals surface area contributed by atoms with E-state index in [9.17, 15) is 9.90 Å². The smallest absolute Gasteiger partial charge is 0.328 e. The molecule has 0 radical (unpaired) electrons. The molecule has 34 heavy (non-hydrogen) atoms. The van der Waals surface area contributed by atoms with Crippen molar-refractivity contribution in [2.75, 3.05) is 27.2 Å². The summed E-state index contributed by atoms with van der Waals surface area (Å²) < 4.78 is 1.84. The van der Waals surface area contributed by atoms with Crippen molar-refractivity contribution in [2.45, 2.75) is 37.3 Å². The number of fused-ring (bicyclic) bond motifs is 5. The second-order valence-corrected chi connectivity index (χ2v) is 10.2. The summed E-state index contributed by atoms with van der Waals surface area (Å²) >= 11 is 0. The monoisotopic (exact) mass is 453 g/mol. The molecule has 1 spiro atoms. The van der Waals surface area contributed by atoms with Gasteiger partial charge >= 0.3 is 6.03 Å². The Morgan fingerprint density at radius 3 is 2.47 bits per heavy atom. The summed E-state index contributed by atoms with van der Waals surface area (Å²) in [5, 5.41) is 13.2. The van der Waals surface area contributed by atoms with Crippen molar-refractivity contribution in [1.82, 2.24) is 14.4 Å². The molecule has 174 valence electrons. The highest BCUT2D eigenvalue weighted by molar-refractivity contribution is 6.13. The van der Waals surface area contributed by atoms with Gasteiger partial charge < -0.3 is 10.0 Å². The lowest BCUT2D eigenvalue weighted by Gasteiger charge is -2.42. The van der Waals surface area contributed by atoms with Gasteiger partial charge in [-0.1, -0.05) is 54.6 Å². The van der Waals surface area contributed by atoms with Gasteiger partial charge in [0.15, 0.2) is 0 Å². The first-order valence-corrected chi connectivity index (χ1v) is 12.2. The summed E-state index contributed by atoms with van der Waals surface area (Å²) in [5.41, 5.74) is 5.70.